The zero-order valence-electron chi connectivity index (χ0n) is 16.2. The number of aliphatic hydroxyl groups excluding tert-OH is 1. The number of aromatic nitrogens is 4. The van der Waals surface area contributed by atoms with Crippen LogP contribution in [-0.4, -0.2) is 37.7 Å². The van der Waals surface area contributed by atoms with Crippen LogP contribution >= 0.6 is 0 Å². The van der Waals surface area contributed by atoms with Gasteiger partial charge in [0.2, 0.25) is 5.95 Å². The number of nitrogens with zero attached hydrogens (tertiary/aromatic N) is 5. The highest BCUT2D eigenvalue weighted by Gasteiger charge is 2.22. The van der Waals surface area contributed by atoms with E-state index in [2.05, 4.69) is 25.2 Å². The number of pyridine rings is 2. The molecule has 0 amide bonds. The van der Waals surface area contributed by atoms with Gasteiger partial charge in [0.15, 0.2) is 0 Å². The molecule has 0 aromatic carbocycles. The van der Waals surface area contributed by atoms with Crippen molar-refractivity contribution in [1.29, 1.82) is 0 Å². The van der Waals surface area contributed by atoms with Crippen LogP contribution in [0.2, 0.25) is 0 Å². The first-order valence-corrected chi connectivity index (χ1v) is 10.2. The first-order valence-electron chi connectivity index (χ1n) is 10.2. The number of hydrogen-bond acceptors (Lipinski definition) is 7. The molecule has 2 N–H and O–H groups in total. The van der Waals surface area contributed by atoms with E-state index in [0.717, 1.165) is 49.8 Å². The minimum atomic E-state index is -0.283. The molecule has 5 rings (SSSR count). The van der Waals surface area contributed by atoms with Crippen LogP contribution in [0.5, 0.6) is 0 Å². The zero-order valence-corrected chi connectivity index (χ0v) is 16.2. The fourth-order valence-electron chi connectivity index (χ4n) is 4.19. The molecule has 4 heterocycles. The minimum Gasteiger partial charge on any atom is -0.391 e. The first-order chi connectivity index (χ1) is 14.2. The molecule has 29 heavy (non-hydrogen) atoms. The van der Waals surface area contributed by atoms with Crippen LogP contribution < -0.4 is 15.8 Å². The van der Waals surface area contributed by atoms with Crippen LogP contribution in [0.4, 0.5) is 17.5 Å². The van der Waals surface area contributed by atoms with Crippen LogP contribution in [0.1, 0.15) is 43.7 Å². The van der Waals surface area contributed by atoms with Crippen molar-refractivity contribution in [2.45, 2.75) is 44.8 Å². The largest absolute Gasteiger partial charge is 0.391 e. The Kier molecular flexibility index (Phi) is 4.63. The Morgan fingerprint density at radius 3 is 2.59 bits per heavy atom. The number of hydrogen-bond donors (Lipinski definition) is 2. The number of rotatable bonds is 5. The SMILES string of the molecule is O=c1c(CO)cc2cnc(Nc3ccc(N4CCC4)cn3)nc2n1C1CCCC1. The van der Waals surface area contributed by atoms with E-state index in [1.54, 1.807) is 16.8 Å². The molecule has 150 valence electrons. The molecular weight excluding hydrogens is 368 g/mol. The molecule has 3 aromatic rings. The molecule has 0 atom stereocenters. The van der Waals surface area contributed by atoms with Gasteiger partial charge in [-0.2, -0.15) is 4.98 Å². The van der Waals surface area contributed by atoms with E-state index in [-0.39, 0.29) is 18.2 Å². The van der Waals surface area contributed by atoms with E-state index in [4.69, 9.17) is 0 Å². The van der Waals surface area contributed by atoms with Gasteiger partial charge in [0.25, 0.3) is 5.56 Å². The van der Waals surface area contributed by atoms with E-state index in [1.165, 1.54) is 6.42 Å². The fourth-order valence-corrected chi connectivity index (χ4v) is 4.19. The average Bonchev–Trinajstić information content (AvgIpc) is 3.22. The monoisotopic (exact) mass is 392 g/mol. The quantitative estimate of drug-likeness (QED) is 0.689. The second-order valence-corrected chi connectivity index (χ2v) is 7.78. The molecule has 1 saturated carbocycles. The summed E-state index contributed by atoms with van der Waals surface area (Å²) >= 11 is 0. The maximum atomic E-state index is 12.9. The topological polar surface area (TPSA) is 96.2 Å². The van der Waals surface area contributed by atoms with Crippen molar-refractivity contribution in [3.63, 3.8) is 0 Å². The Bertz CT molecular complexity index is 1080. The summed E-state index contributed by atoms with van der Waals surface area (Å²) in [5.74, 6) is 1.07. The summed E-state index contributed by atoms with van der Waals surface area (Å²) in [7, 11) is 0. The van der Waals surface area contributed by atoms with Crippen LogP contribution in [0, 0.1) is 0 Å². The Labute approximate surface area is 168 Å². The normalized spacial score (nSPS) is 16.9. The van der Waals surface area contributed by atoms with E-state index in [0.29, 0.717) is 23.0 Å². The van der Waals surface area contributed by atoms with Crippen molar-refractivity contribution < 1.29 is 5.11 Å². The summed E-state index contributed by atoms with van der Waals surface area (Å²) in [6, 6.07) is 5.76. The second kappa shape index (κ2) is 7.44. The van der Waals surface area contributed by atoms with Gasteiger partial charge in [-0.15, -0.1) is 0 Å². The van der Waals surface area contributed by atoms with Gasteiger partial charge in [0, 0.05) is 36.3 Å². The van der Waals surface area contributed by atoms with Gasteiger partial charge in [0.1, 0.15) is 11.5 Å². The molecule has 2 fully saturated rings. The molecule has 0 unspecified atom stereocenters. The molecule has 0 bridgehead atoms. The van der Waals surface area contributed by atoms with E-state index in [9.17, 15) is 9.90 Å². The maximum absolute atomic E-state index is 12.9. The predicted octanol–water partition coefficient (Wildman–Crippen LogP) is 2.75. The first kappa shape index (κ1) is 18.1. The second-order valence-electron chi connectivity index (χ2n) is 7.78. The zero-order chi connectivity index (χ0) is 19.8. The lowest BCUT2D eigenvalue weighted by atomic mass is 10.2. The predicted molar refractivity (Wildman–Crippen MR) is 112 cm³/mol. The lowest BCUT2D eigenvalue weighted by Crippen LogP contribution is -2.36. The molecule has 8 nitrogen and oxygen atoms in total. The Hall–Kier alpha value is -3.00. The van der Waals surface area contributed by atoms with Crippen molar-refractivity contribution in [2.24, 2.45) is 0 Å². The van der Waals surface area contributed by atoms with Crippen LogP contribution in [0.25, 0.3) is 11.0 Å². The fraction of sp³-hybridized carbons (Fsp3) is 0.429. The summed E-state index contributed by atoms with van der Waals surface area (Å²) in [5, 5.41) is 13.5. The summed E-state index contributed by atoms with van der Waals surface area (Å²) in [5.41, 5.74) is 1.95. The van der Waals surface area contributed by atoms with Crippen LogP contribution in [0.3, 0.4) is 0 Å². The van der Waals surface area contributed by atoms with Crippen molar-refractivity contribution in [3.05, 3.63) is 46.5 Å². The van der Waals surface area contributed by atoms with E-state index in [1.807, 2.05) is 18.3 Å². The molecule has 0 spiro atoms. The Balaban J connectivity index is 1.50. The van der Waals surface area contributed by atoms with Crippen molar-refractivity contribution in [1.82, 2.24) is 19.5 Å². The van der Waals surface area contributed by atoms with Crippen molar-refractivity contribution >= 4 is 28.5 Å². The van der Waals surface area contributed by atoms with Gasteiger partial charge in [-0.05, 0) is 37.5 Å². The van der Waals surface area contributed by atoms with Crippen molar-refractivity contribution in [3.8, 4) is 0 Å². The smallest absolute Gasteiger partial charge is 0.258 e. The molecule has 8 heteroatoms. The van der Waals surface area contributed by atoms with Gasteiger partial charge >= 0.3 is 0 Å². The van der Waals surface area contributed by atoms with E-state index >= 15 is 0 Å². The highest BCUT2D eigenvalue weighted by Crippen LogP contribution is 2.31. The third kappa shape index (κ3) is 3.33. The average molecular weight is 392 g/mol. The summed E-state index contributed by atoms with van der Waals surface area (Å²) < 4.78 is 1.75. The molecular formula is C21H24N6O2. The summed E-state index contributed by atoms with van der Waals surface area (Å²) in [6.45, 7) is 1.88. The molecule has 1 aliphatic heterocycles. The molecule has 2 aliphatic rings. The minimum absolute atomic E-state index is 0.119. The highest BCUT2D eigenvalue weighted by atomic mass is 16.3. The van der Waals surface area contributed by atoms with Gasteiger partial charge in [-0.25, -0.2) is 9.97 Å². The third-order valence-electron chi connectivity index (χ3n) is 5.92. The number of aliphatic hydroxyl groups is 1. The molecule has 1 aliphatic carbocycles. The summed E-state index contributed by atoms with van der Waals surface area (Å²) in [6.07, 6.45) is 8.89. The molecule has 1 saturated heterocycles. The lowest BCUT2D eigenvalue weighted by molar-refractivity contribution is 0.279. The lowest BCUT2D eigenvalue weighted by Gasteiger charge is -2.32. The van der Waals surface area contributed by atoms with Gasteiger partial charge in [0.05, 0.1) is 18.5 Å². The molecule has 0 radical (unpaired) electrons. The molecule has 3 aromatic heterocycles. The van der Waals surface area contributed by atoms with Gasteiger partial charge in [-0.1, -0.05) is 12.8 Å². The third-order valence-corrected chi connectivity index (χ3v) is 5.92. The van der Waals surface area contributed by atoms with E-state index < -0.39 is 0 Å². The standard InChI is InChI=1S/C21H24N6O2/c28-13-15-10-14-11-23-21(24-18-7-6-17(12-22-18)26-8-3-9-26)25-19(14)27(20(15)29)16-4-1-2-5-16/h6-7,10-12,16,28H,1-5,8-9,13H2,(H,22,23,24,25). The number of anilines is 3. The Morgan fingerprint density at radius 2 is 1.93 bits per heavy atom. The van der Waals surface area contributed by atoms with Gasteiger partial charge < -0.3 is 15.3 Å². The van der Waals surface area contributed by atoms with Crippen LogP contribution in [-0.2, 0) is 6.61 Å². The Morgan fingerprint density at radius 1 is 1.10 bits per heavy atom. The van der Waals surface area contributed by atoms with Crippen LogP contribution in [0.15, 0.2) is 35.4 Å². The highest BCUT2D eigenvalue weighted by molar-refractivity contribution is 5.76. The maximum Gasteiger partial charge on any atom is 0.258 e. The number of fused-ring (bicyclic) bond motifs is 1. The number of nitrogens with one attached hydrogen (secondary N) is 1. The summed E-state index contributed by atoms with van der Waals surface area (Å²) in [4.78, 5) is 28.7. The van der Waals surface area contributed by atoms with Gasteiger partial charge in [-0.3, -0.25) is 9.36 Å². The van der Waals surface area contributed by atoms with Crippen molar-refractivity contribution in [2.75, 3.05) is 23.3 Å².